The van der Waals surface area contributed by atoms with Gasteiger partial charge in [-0.2, -0.15) is 0 Å². The van der Waals surface area contributed by atoms with E-state index in [9.17, 15) is 0 Å². The molecule has 0 heteroatoms. The summed E-state index contributed by atoms with van der Waals surface area (Å²) in [7, 11) is 0. The Balaban J connectivity index is 2.70. The van der Waals surface area contributed by atoms with Crippen molar-refractivity contribution in [2.24, 2.45) is 0 Å². The summed E-state index contributed by atoms with van der Waals surface area (Å²) < 4.78 is 0. The number of aryl methyl sites for hydroxylation is 1. The molecule has 0 fully saturated rings. The first-order chi connectivity index (χ1) is 6.83. The van der Waals surface area contributed by atoms with Gasteiger partial charge in [-0.25, -0.2) is 0 Å². The molecule has 0 atom stereocenters. The van der Waals surface area contributed by atoms with Gasteiger partial charge in [-0.15, -0.1) is 0 Å². The molecule has 1 aromatic carbocycles. The Labute approximate surface area is 93.0 Å². The van der Waals surface area contributed by atoms with Crippen molar-refractivity contribution in [1.82, 2.24) is 0 Å². The highest BCUT2D eigenvalue weighted by Gasteiger charge is 2.32. The summed E-state index contributed by atoms with van der Waals surface area (Å²) in [5, 5.41) is 0. The molecule has 0 amide bonds. The van der Waals surface area contributed by atoms with Crippen LogP contribution >= 0.6 is 0 Å². The van der Waals surface area contributed by atoms with E-state index in [4.69, 9.17) is 0 Å². The first-order valence-electron chi connectivity index (χ1n) is 5.65. The minimum atomic E-state index is 0.177. The number of rotatable bonds is 0. The molecule has 0 aliphatic heterocycles. The maximum atomic E-state index is 2.34. The Kier molecular flexibility index (Phi) is 2.08. The highest BCUT2D eigenvalue weighted by Crippen LogP contribution is 2.41. The van der Waals surface area contributed by atoms with Crippen LogP contribution in [0.2, 0.25) is 0 Å². The van der Waals surface area contributed by atoms with E-state index < -0.39 is 0 Å². The van der Waals surface area contributed by atoms with Crippen LogP contribution < -0.4 is 0 Å². The minimum Gasteiger partial charge on any atom is -0.0776 e. The fraction of sp³-hybridized carbons (Fsp3) is 0.467. The van der Waals surface area contributed by atoms with Crippen molar-refractivity contribution in [2.45, 2.75) is 45.4 Å². The molecule has 0 spiro atoms. The molecule has 0 N–H and O–H groups in total. The smallest absolute Gasteiger partial charge is 0.00787 e. The Hall–Kier alpha value is -1.04. The van der Waals surface area contributed by atoms with Gasteiger partial charge in [-0.05, 0) is 18.1 Å². The summed E-state index contributed by atoms with van der Waals surface area (Å²) in [4.78, 5) is 0. The van der Waals surface area contributed by atoms with Gasteiger partial charge in [0, 0.05) is 10.8 Å². The maximum Gasteiger partial charge on any atom is 0.00787 e. The lowest BCUT2D eigenvalue weighted by atomic mass is 9.68. The molecule has 0 saturated heterocycles. The summed E-state index contributed by atoms with van der Waals surface area (Å²) in [5.41, 5.74) is 4.67. The molecule has 0 heterocycles. The van der Waals surface area contributed by atoms with E-state index >= 15 is 0 Å². The lowest BCUT2D eigenvalue weighted by molar-refractivity contribution is 0.563. The van der Waals surface area contributed by atoms with Crippen LogP contribution in [0.1, 0.15) is 44.4 Å². The van der Waals surface area contributed by atoms with E-state index in [1.165, 1.54) is 16.7 Å². The average molecular weight is 200 g/mol. The molecule has 15 heavy (non-hydrogen) atoms. The molecule has 80 valence electrons. The number of hydrogen-bond acceptors (Lipinski definition) is 0. The van der Waals surface area contributed by atoms with E-state index in [0.29, 0.717) is 0 Å². The minimum absolute atomic E-state index is 0.177. The van der Waals surface area contributed by atoms with Crippen LogP contribution in [0.5, 0.6) is 0 Å². The van der Waals surface area contributed by atoms with Gasteiger partial charge >= 0.3 is 0 Å². The van der Waals surface area contributed by atoms with E-state index in [-0.39, 0.29) is 10.8 Å². The van der Waals surface area contributed by atoms with E-state index in [0.717, 1.165) is 0 Å². The highest BCUT2D eigenvalue weighted by molar-refractivity contribution is 5.48. The molecule has 0 saturated carbocycles. The van der Waals surface area contributed by atoms with Crippen molar-refractivity contribution >= 4 is 0 Å². The van der Waals surface area contributed by atoms with Gasteiger partial charge < -0.3 is 0 Å². The van der Waals surface area contributed by atoms with Crippen LogP contribution in [-0.4, -0.2) is 0 Å². The predicted molar refractivity (Wildman–Crippen MR) is 66.4 cm³/mol. The van der Waals surface area contributed by atoms with Gasteiger partial charge in [0.2, 0.25) is 0 Å². The molecule has 0 radical (unpaired) electrons. The molecule has 2 rings (SSSR count). The van der Waals surface area contributed by atoms with Gasteiger partial charge in [-0.3, -0.25) is 0 Å². The second kappa shape index (κ2) is 2.98. The van der Waals surface area contributed by atoms with E-state index in [1.54, 1.807) is 0 Å². The van der Waals surface area contributed by atoms with Gasteiger partial charge in [0.15, 0.2) is 0 Å². The molecule has 0 nitrogen and oxygen atoms in total. The third-order valence-corrected chi connectivity index (χ3v) is 3.48. The van der Waals surface area contributed by atoms with E-state index in [1.807, 2.05) is 0 Å². The number of hydrogen-bond donors (Lipinski definition) is 0. The fourth-order valence-electron chi connectivity index (χ4n) is 2.35. The van der Waals surface area contributed by atoms with E-state index in [2.05, 4.69) is 65.0 Å². The topological polar surface area (TPSA) is 0 Å². The monoisotopic (exact) mass is 200 g/mol. The van der Waals surface area contributed by atoms with Crippen LogP contribution in [0, 0.1) is 6.92 Å². The first-order valence-corrected chi connectivity index (χ1v) is 5.65. The van der Waals surface area contributed by atoms with Crippen molar-refractivity contribution in [2.75, 3.05) is 0 Å². The zero-order valence-electron chi connectivity index (χ0n) is 10.4. The van der Waals surface area contributed by atoms with Gasteiger partial charge in [-0.1, -0.05) is 63.6 Å². The SMILES string of the molecule is Cc1ccc2c(c1)C(C)(C)C=CC2(C)C. The normalized spacial score (nSPS) is 21.1. The fourth-order valence-corrected chi connectivity index (χ4v) is 2.35. The zero-order chi connectivity index (χ0) is 11.3. The van der Waals surface area contributed by atoms with Crippen LogP contribution in [-0.2, 0) is 10.8 Å². The second-order valence-electron chi connectivity index (χ2n) is 5.83. The van der Waals surface area contributed by atoms with Gasteiger partial charge in [0.05, 0.1) is 0 Å². The Morgan fingerprint density at radius 1 is 0.800 bits per heavy atom. The standard InChI is InChI=1S/C15H20/c1-11-6-7-12-13(10-11)15(4,5)9-8-14(12,2)3/h6-10H,1-5H3. The molecular weight excluding hydrogens is 180 g/mol. The highest BCUT2D eigenvalue weighted by atomic mass is 14.4. The summed E-state index contributed by atoms with van der Waals surface area (Å²) in [6.45, 7) is 11.3. The lowest BCUT2D eigenvalue weighted by Gasteiger charge is -2.36. The van der Waals surface area contributed by atoms with Gasteiger partial charge in [0.25, 0.3) is 0 Å². The molecule has 1 aliphatic rings. The molecular formula is C15H20. The summed E-state index contributed by atoms with van der Waals surface area (Å²) in [6.07, 6.45) is 4.68. The maximum absolute atomic E-state index is 2.34. The summed E-state index contributed by atoms with van der Waals surface area (Å²) in [6, 6.07) is 6.84. The zero-order valence-corrected chi connectivity index (χ0v) is 10.4. The molecule has 0 aromatic heterocycles. The number of allylic oxidation sites excluding steroid dienone is 2. The molecule has 0 unspecified atom stereocenters. The van der Waals surface area contributed by atoms with Crippen molar-refractivity contribution in [1.29, 1.82) is 0 Å². The van der Waals surface area contributed by atoms with Crippen molar-refractivity contribution in [3.8, 4) is 0 Å². The summed E-state index contributed by atoms with van der Waals surface area (Å²) in [5.74, 6) is 0. The molecule has 0 bridgehead atoms. The molecule has 1 aromatic rings. The first kappa shape index (κ1) is 10.5. The van der Waals surface area contributed by atoms with Crippen LogP contribution in [0.3, 0.4) is 0 Å². The average Bonchev–Trinajstić information content (AvgIpc) is 2.13. The third-order valence-electron chi connectivity index (χ3n) is 3.48. The van der Waals surface area contributed by atoms with Crippen LogP contribution in [0.15, 0.2) is 30.4 Å². The quantitative estimate of drug-likeness (QED) is 0.553. The third kappa shape index (κ3) is 1.62. The van der Waals surface area contributed by atoms with Crippen LogP contribution in [0.25, 0.3) is 0 Å². The van der Waals surface area contributed by atoms with Crippen molar-refractivity contribution < 1.29 is 0 Å². The largest absolute Gasteiger partial charge is 0.0776 e. The van der Waals surface area contributed by atoms with Gasteiger partial charge in [0.1, 0.15) is 0 Å². The Morgan fingerprint density at radius 3 is 1.93 bits per heavy atom. The summed E-state index contributed by atoms with van der Waals surface area (Å²) >= 11 is 0. The lowest BCUT2D eigenvalue weighted by Crippen LogP contribution is -2.28. The number of fused-ring (bicyclic) bond motifs is 1. The predicted octanol–water partition coefficient (Wildman–Crippen LogP) is 4.12. The second-order valence-corrected chi connectivity index (χ2v) is 5.83. The Morgan fingerprint density at radius 2 is 1.33 bits per heavy atom. The number of benzene rings is 1. The molecule has 1 aliphatic carbocycles. The van der Waals surface area contributed by atoms with Crippen molar-refractivity contribution in [3.63, 3.8) is 0 Å². The van der Waals surface area contributed by atoms with Crippen molar-refractivity contribution in [3.05, 3.63) is 47.0 Å². The van der Waals surface area contributed by atoms with Crippen LogP contribution in [0.4, 0.5) is 0 Å². The Bertz CT molecular complexity index is 420.